The largest absolute Gasteiger partial charge is 0.354 e. The van der Waals surface area contributed by atoms with Crippen LogP contribution >= 0.6 is 0 Å². The van der Waals surface area contributed by atoms with Gasteiger partial charge in [0.15, 0.2) is 11.3 Å². The van der Waals surface area contributed by atoms with E-state index in [-0.39, 0.29) is 5.78 Å². The van der Waals surface area contributed by atoms with Gasteiger partial charge < -0.3 is 9.47 Å². The number of carbonyl (C=O) groups excluding carboxylic acids is 1. The molecule has 1 aliphatic heterocycles. The van der Waals surface area contributed by atoms with Crippen molar-refractivity contribution in [1.82, 2.24) is 4.57 Å². The zero-order valence-corrected chi connectivity index (χ0v) is 18.7. The van der Waals surface area contributed by atoms with Crippen molar-refractivity contribution in [2.45, 2.75) is 5.54 Å². The Bertz CT molecular complexity index is 1500. The van der Waals surface area contributed by atoms with E-state index in [4.69, 9.17) is 0 Å². The van der Waals surface area contributed by atoms with Crippen LogP contribution in [0.25, 0.3) is 22.2 Å². The molecule has 3 heteroatoms. The average Bonchev–Trinajstić information content (AvgIpc) is 3.29. The second-order valence-electron chi connectivity index (χ2n) is 8.65. The summed E-state index contributed by atoms with van der Waals surface area (Å²) in [7, 11) is 4.15. The number of aromatic nitrogens is 1. The summed E-state index contributed by atoms with van der Waals surface area (Å²) in [6.45, 7) is 0. The first-order chi connectivity index (χ1) is 16.2. The summed E-state index contributed by atoms with van der Waals surface area (Å²) in [4.78, 5) is 16.7. The number of para-hydroxylation sites is 2. The van der Waals surface area contributed by atoms with Gasteiger partial charge in [0.25, 0.3) is 0 Å². The van der Waals surface area contributed by atoms with E-state index in [9.17, 15) is 4.79 Å². The van der Waals surface area contributed by atoms with Crippen LogP contribution in [0.2, 0.25) is 0 Å². The summed E-state index contributed by atoms with van der Waals surface area (Å²) < 4.78 is 2.23. The quantitative estimate of drug-likeness (QED) is 0.331. The molecular formula is C30H24N2O. The molecule has 0 saturated carbocycles. The molecule has 0 amide bonds. The number of hydrogen-bond acceptors (Lipinski definition) is 2. The number of hydrogen-bond donors (Lipinski definition) is 0. The average molecular weight is 429 g/mol. The molecule has 0 saturated heterocycles. The summed E-state index contributed by atoms with van der Waals surface area (Å²) in [6.07, 6.45) is 0. The lowest BCUT2D eigenvalue weighted by Crippen LogP contribution is -2.47. The Hall–Kier alpha value is -4.11. The van der Waals surface area contributed by atoms with Gasteiger partial charge >= 0.3 is 0 Å². The smallest absolute Gasteiger partial charge is 0.199 e. The number of benzene rings is 4. The molecule has 0 aliphatic carbocycles. The van der Waals surface area contributed by atoms with Crippen molar-refractivity contribution in [3.05, 3.63) is 126 Å². The van der Waals surface area contributed by atoms with Gasteiger partial charge in [-0.25, -0.2) is 0 Å². The van der Waals surface area contributed by atoms with E-state index >= 15 is 0 Å². The minimum absolute atomic E-state index is 0.111. The van der Waals surface area contributed by atoms with Crippen LogP contribution in [-0.4, -0.2) is 17.4 Å². The molecule has 160 valence electrons. The molecule has 0 radical (unpaired) electrons. The Morgan fingerprint density at radius 2 is 1.27 bits per heavy atom. The highest BCUT2D eigenvalue weighted by Crippen LogP contribution is 2.53. The molecule has 33 heavy (non-hydrogen) atoms. The summed E-state index contributed by atoms with van der Waals surface area (Å²) in [5.74, 6) is 0.111. The number of aryl methyl sites for hydroxylation is 1. The van der Waals surface area contributed by atoms with Crippen molar-refractivity contribution in [3.63, 3.8) is 0 Å². The molecule has 0 N–H and O–H groups in total. The topological polar surface area (TPSA) is 25.2 Å². The van der Waals surface area contributed by atoms with Crippen LogP contribution in [0, 0.1) is 0 Å². The lowest BCUT2D eigenvalue weighted by molar-refractivity contribution is 0.0929. The molecule has 6 rings (SSSR count). The lowest BCUT2D eigenvalue weighted by Gasteiger charge is -2.38. The Labute approximate surface area is 193 Å². The van der Waals surface area contributed by atoms with Crippen molar-refractivity contribution in [3.8, 4) is 11.3 Å². The second-order valence-corrected chi connectivity index (χ2v) is 8.65. The van der Waals surface area contributed by atoms with E-state index in [0.717, 1.165) is 44.5 Å². The highest BCUT2D eigenvalue weighted by atomic mass is 16.1. The number of ketones is 1. The van der Waals surface area contributed by atoms with Crippen LogP contribution in [-0.2, 0) is 12.6 Å². The number of carbonyl (C=O) groups is 1. The molecule has 0 spiro atoms. The van der Waals surface area contributed by atoms with E-state index in [1.807, 2.05) is 55.6 Å². The maximum Gasteiger partial charge on any atom is 0.199 e. The maximum atomic E-state index is 14.5. The van der Waals surface area contributed by atoms with E-state index in [1.54, 1.807) is 0 Å². The van der Waals surface area contributed by atoms with Crippen molar-refractivity contribution in [2.24, 2.45) is 7.05 Å². The number of anilines is 1. The van der Waals surface area contributed by atoms with Gasteiger partial charge in [-0.2, -0.15) is 0 Å². The summed E-state index contributed by atoms with van der Waals surface area (Å²) in [5, 5.41) is 1.09. The molecule has 5 aromatic rings. The van der Waals surface area contributed by atoms with Gasteiger partial charge in [-0.1, -0.05) is 91.0 Å². The molecule has 4 aromatic carbocycles. The van der Waals surface area contributed by atoms with E-state index in [1.165, 1.54) is 0 Å². The third-order valence-electron chi connectivity index (χ3n) is 7.05. The first kappa shape index (κ1) is 19.6. The zero-order valence-electron chi connectivity index (χ0n) is 18.7. The van der Waals surface area contributed by atoms with Crippen molar-refractivity contribution in [1.29, 1.82) is 0 Å². The summed E-state index contributed by atoms with van der Waals surface area (Å²) >= 11 is 0. The van der Waals surface area contributed by atoms with Gasteiger partial charge in [-0.05, 0) is 29.3 Å². The van der Waals surface area contributed by atoms with Gasteiger partial charge in [-0.15, -0.1) is 0 Å². The number of nitrogens with zero attached hydrogens (tertiary/aromatic N) is 2. The Morgan fingerprint density at radius 1 is 0.667 bits per heavy atom. The number of fused-ring (bicyclic) bond motifs is 2. The van der Waals surface area contributed by atoms with Crippen LogP contribution in [0.1, 0.15) is 21.5 Å². The molecule has 0 fully saturated rings. The normalized spacial score (nSPS) is 17.5. The zero-order chi connectivity index (χ0) is 22.6. The second kappa shape index (κ2) is 7.21. The minimum Gasteiger partial charge on any atom is -0.354 e. The van der Waals surface area contributed by atoms with Gasteiger partial charge in [0, 0.05) is 41.8 Å². The molecular weight excluding hydrogens is 404 g/mol. The fraction of sp³-hybridized carbons (Fsp3) is 0.100. The standard InChI is InChI=1S/C30H24N2O/c1-31-25-19-11-9-17-23(25)27(28(31)21-13-5-3-6-14-21)30(22-15-7-4-8-16-22)29(33)24-18-10-12-20-26(24)32(30)2/h3-20H,1-2H3. The number of rotatable bonds is 3. The van der Waals surface area contributed by atoms with Gasteiger partial charge in [0.1, 0.15) is 0 Å². The highest BCUT2D eigenvalue weighted by Gasteiger charge is 2.54. The molecule has 1 unspecified atom stereocenters. The molecule has 3 nitrogen and oxygen atoms in total. The predicted octanol–water partition coefficient (Wildman–Crippen LogP) is 6.42. The fourth-order valence-corrected chi connectivity index (χ4v) is 5.61. The van der Waals surface area contributed by atoms with E-state index < -0.39 is 5.54 Å². The van der Waals surface area contributed by atoms with Crippen LogP contribution in [0.5, 0.6) is 0 Å². The molecule has 1 atom stereocenters. The molecule has 0 bridgehead atoms. The molecule has 2 heterocycles. The highest BCUT2D eigenvalue weighted by molar-refractivity contribution is 6.19. The van der Waals surface area contributed by atoms with Crippen LogP contribution in [0.15, 0.2) is 109 Å². The predicted molar refractivity (Wildman–Crippen MR) is 135 cm³/mol. The van der Waals surface area contributed by atoms with Crippen LogP contribution in [0.4, 0.5) is 5.69 Å². The number of Topliss-reactive ketones (excluding diaryl/α,β-unsaturated/α-hetero) is 1. The Morgan fingerprint density at radius 3 is 2.00 bits per heavy atom. The van der Waals surface area contributed by atoms with Gasteiger partial charge in [0.05, 0.1) is 5.69 Å². The Balaban J connectivity index is 1.81. The molecule has 1 aromatic heterocycles. The first-order valence-corrected chi connectivity index (χ1v) is 11.2. The van der Waals surface area contributed by atoms with Crippen molar-refractivity contribution >= 4 is 22.4 Å². The van der Waals surface area contributed by atoms with Crippen LogP contribution in [0.3, 0.4) is 0 Å². The minimum atomic E-state index is -0.975. The third-order valence-corrected chi connectivity index (χ3v) is 7.05. The summed E-state index contributed by atoms with van der Waals surface area (Å²) in [5.41, 5.74) is 6.01. The summed E-state index contributed by atoms with van der Waals surface area (Å²) in [6, 6.07) is 37.0. The van der Waals surface area contributed by atoms with Crippen LogP contribution < -0.4 is 4.90 Å². The van der Waals surface area contributed by atoms with Gasteiger partial charge in [-0.3, -0.25) is 4.79 Å². The van der Waals surface area contributed by atoms with Crippen molar-refractivity contribution in [2.75, 3.05) is 11.9 Å². The van der Waals surface area contributed by atoms with Crippen molar-refractivity contribution < 1.29 is 4.79 Å². The number of likely N-dealkylation sites (N-methyl/N-ethyl adjacent to an activating group) is 1. The van der Waals surface area contributed by atoms with Gasteiger partial charge in [0.2, 0.25) is 0 Å². The molecule has 1 aliphatic rings. The fourth-order valence-electron chi connectivity index (χ4n) is 5.61. The third kappa shape index (κ3) is 2.53. The van der Waals surface area contributed by atoms with E-state index in [2.05, 4.69) is 77.2 Å². The Kier molecular flexibility index (Phi) is 4.27. The first-order valence-electron chi connectivity index (χ1n) is 11.2. The maximum absolute atomic E-state index is 14.5. The SMILES string of the molecule is CN1c2ccccc2C(=O)C1(c1ccccc1)c1c(-c2ccccc2)n(C)c2ccccc12. The monoisotopic (exact) mass is 428 g/mol. The van der Waals surface area contributed by atoms with E-state index in [0.29, 0.717) is 0 Å². The lowest BCUT2D eigenvalue weighted by atomic mass is 9.76.